The molecule has 0 bridgehead atoms. The Kier molecular flexibility index (Phi) is 3.86. The molecule has 0 aliphatic heterocycles. The van der Waals surface area contributed by atoms with Crippen molar-refractivity contribution in [1.29, 1.82) is 5.26 Å². The molecule has 3 nitrogen and oxygen atoms in total. The lowest BCUT2D eigenvalue weighted by Crippen LogP contribution is -2.27. The number of nitrogens with zero attached hydrogens (tertiary/aromatic N) is 1. The Morgan fingerprint density at radius 2 is 1.92 bits per heavy atom. The van der Waals surface area contributed by atoms with Gasteiger partial charge in [0.2, 0.25) is 5.91 Å². The second-order valence-electron chi connectivity index (χ2n) is 6.57. The minimum absolute atomic E-state index is 0.0000746. The van der Waals surface area contributed by atoms with E-state index < -0.39 is 5.41 Å². The van der Waals surface area contributed by atoms with Crippen LogP contribution in [0.5, 0.6) is 0 Å². The van der Waals surface area contributed by atoms with Crippen LogP contribution in [0.15, 0.2) is 24.3 Å². The highest BCUT2D eigenvalue weighted by Crippen LogP contribution is 2.50. The van der Waals surface area contributed by atoms with Gasteiger partial charge in [-0.15, -0.1) is 11.3 Å². The van der Waals surface area contributed by atoms with Crippen molar-refractivity contribution < 1.29 is 4.79 Å². The number of amides is 1. The summed E-state index contributed by atoms with van der Waals surface area (Å²) in [5.74, 6) is -0.0000746. The van der Waals surface area contributed by atoms with Crippen LogP contribution < -0.4 is 5.32 Å². The van der Waals surface area contributed by atoms with Crippen molar-refractivity contribution in [3.8, 4) is 6.07 Å². The molecular weight excluding hydrogens is 340 g/mol. The average Bonchev–Trinajstić information content (AvgIpc) is 3.32. The number of hydrogen-bond acceptors (Lipinski definition) is 3. The summed E-state index contributed by atoms with van der Waals surface area (Å²) in [6, 6.07) is 9.82. The van der Waals surface area contributed by atoms with Crippen LogP contribution in [0.1, 0.15) is 47.3 Å². The van der Waals surface area contributed by atoms with Gasteiger partial charge >= 0.3 is 0 Å². The number of carbonyl (C=O) groups excluding carboxylic acids is 1. The van der Waals surface area contributed by atoms with Gasteiger partial charge in [-0.2, -0.15) is 5.26 Å². The van der Waals surface area contributed by atoms with Gasteiger partial charge in [-0.05, 0) is 61.8 Å². The molecule has 2 aliphatic rings. The predicted molar refractivity (Wildman–Crippen MR) is 96.7 cm³/mol. The highest BCUT2D eigenvalue weighted by Gasteiger charge is 2.51. The fraction of sp³-hybridized carbons (Fsp3) is 0.368. The van der Waals surface area contributed by atoms with Crippen molar-refractivity contribution in [2.45, 2.75) is 43.9 Å². The van der Waals surface area contributed by atoms with E-state index in [9.17, 15) is 10.1 Å². The first-order chi connectivity index (χ1) is 11.6. The minimum atomic E-state index is -0.457. The van der Waals surface area contributed by atoms with Crippen molar-refractivity contribution in [3.63, 3.8) is 0 Å². The molecular formula is C19H17ClN2OS. The Hall–Kier alpha value is -1.83. The molecule has 1 saturated carbocycles. The van der Waals surface area contributed by atoms with Gasteiger partial charge in [0.15, 0.2) is 0 Å². The van der Waals surface area contributed by atoms with Gasteiger partial charge in [0.1, 0.15) is 11.1 Å². The molecule has 2 aliphatic carbocycles. The molecule has 1 aromatic carbocycles. The van der Waals surface area contributed by atoms with E-state index >= 15 is 0 Å². The second kappa shape index (κ2) is 5.91. The van der Waals surface area contributed by atoms with Crippen molar-refractivity contribution in [2.75, 3.05) is 5.32 Å². The molecule has 1 N–H and O–H groups in total. The maximum atomic E-state index is 12.9. The zero-order chi connectivity index (χ0) is 16.7. The number of aryl methyl sites for hydroxylation is 1. The van der Waals surface area contributed by atoms with E-state index in [1.54, 1.807) is 11.3 Å². The molecule has 2 aromatic rings. The Balaban J connectivity index is 1.62. The van der Waals surface area contributed by atoms with Crippen LogP contribution in [0.4, 0.5) is 5.00 Å². The highest BCUT2D eigenvalue weighted by molar-refractivity contribution is 7.16. The molecule has 4 rings (SSSR count). The van der Waals surface area contributed by atoms with Gasteiger partial charge < -0.3 is 5.32 Å². The smallest absolute Gasteiger partial charge is 0.235 e. The van der Waals surface area contributed by atoms with E-state index in [2.05, 4.69) is 11.4 Å². The molecule has 1 aromatic heterocycles. The first-order valence-electron chi connectivity index (χ1n) is 8.26. The third-order valence-corrected chi connectivity index (χ3v) is 6.55. The lowest BCUT2D eigenvalue weighted by atomic mass is 9.94. The third kappa shape index (κ3) is 2.53. The zero-order valence-corrected chi connectivity index (χ0v) is 14.8. The number of fused-ring (bicyclic) bond motifs is 1. The molecule has 1 heterocycles. The van der Waals surface area contributed by atoms with Crippen LogP contribution in [0.2, 0.25) is 5.02 Å². The van der Waals surface area contributed by atoms with E-state index in [1.165, 1.54) is 11.3 Å². The summed E-state index contributed by atoms with van der Waals surface area (Å²) in [5.41, 5.74) is 2.38. The van der Waals surface area contributed by atoms with Crippen LogP contribution in [-0.2, 0) is 23.1 Å². The van der Waals surface area contributed by atoms with Crippen LogP contribution >= 0.6 is 22.9 Å². The summed E-state index contributed by atoms with van der Waals surface area (Å²) >= 11 is 7.53. The van der Waals surface area contributed by atoms with Gasteiger partial charge in [0.25, 0.3) is 0 Å². The molecule has 1 amide bonds. The fourth-order valence-electron chi connectivity index (χ4n) is 3.54. The van der Waals surface area contributed by atoms with Crippen molar-refractivity contribution in [2.24, 2.45) is 0 Å². The average molecular weight is 357 g/mol. The molecule has 0 radical (unpaired) electrons. The maximum absolute atomic E-state index is 12.9. The number of anilines is 1. The van der Waals surface area contributed by atoms with Crippen LogP contribution in [0.3, 0.4) is 0 Å². The summed E-state index contributed by atoms with van der Waals surface area (Å²) in [5, 5.41) is 14.0. The quantitative estimate of drug-likeness (QED) is 0.856. The standard InChI is InChI=1S/C19H17ClN2OS/c20-13-7-5-12(6-8-13)19(9-10-19)18(23)22-17-15(11-21)14-3-1-2-4-16(14)24-17/h5-8H,1-4,9-10H2,(H,22,23). The van der Waals surface area contributed by atoms with Crippen molar-refractivity contribution in [3.05, 3.63) is 50.9 Å². The Bertz CT molecular complexity index is 843. The van der Waals surface area contributed by atoms with E-state index in [-0.39, 0.29) is 5.91 Å². The van der Waals surface area contributed by atoms with Gasteiger partial charge in [-0.3, -0.25) is 4.79 Å². The van der Waals surface area contributed by atoms with E-state index in [0.29, 0.717) is 10.6 Å². The molecule has 24 heavy (non-hydrogen) atoms. The second-order valence-corrected chi connectivity index (χ2v) is 8.11. The Morgan fingerprint density at radius 3 is 2.58 bits per heavy atom. The number of halogens is 1. The largest absolute Gasteiger partial charge is 0.316 e. The number of rotatable bonds is 3. The normalized spacial score (nSPS) is 17.7. The summed E-state index contributed by atoms with van der Waals surface area (Å²) in [7, 11) is 0. The van der Waals surface area contributed by atoms with Gasteiger partial charge in [-0.25, -0.2) is 0 Å². The molecule has 0 atom stereocenters. The summed E-state index contributed by atoms with van der Waals surface area (Å²) < 4.78 is 0. The summed E-state index contributed by atoms with van der Waals surface area (Å²) in [4.78, 5) is 14.2. The molecule has 0 spiro atoms. The lowest BCUT2D eigenvalue weighted by molar-refractivity contribution is -0.118. The highest BCUT2D eigenvalue weighted by atomic mass is 35.5. The maximum Gasteiger partial charge on any atom is 0.235 e. The van der Waals surface area contributed by atoms with Crippen LogP contribution in [0, 0.1) is 11.3 Å². The number of nitrogens with one attached hydrogen (secondary N) is 1. The number of nitriles is 1. The number of carbonyl (C=O) groups is 1. The number of benzene rings is 1. The summed E-state index contributed by atoms with van der Waals surface area (Å²) in [6.07, 6.45) is 5.95. The van der Waals surface area contributed by atoms with Gasteiger partial charge in [-0.1, -0.05) is 23.7 Å². The predicted octanol–water partition coefficient (Wildman–Crippen LogP) is 4.82. The molecule has 0 saturated heterocycles. The minimum Gasteiger partial charge on any atom is -0.316 e. The molecule has 0 unspecified atom stereocenters. The first kappa shape index (κ1) is 15.7. The number of thiophene rings is 1. The Labute approximate surface area is 150 Å². The molecule has 5 heteroatoms. The molecule has 1 fully saturated rings. The van der Waals surface area contributed by atoms with Crippen LogP contribution in [-0.4, -0.2) is 5.91 Å². The van der Waals surface area contributed by atoms with Crippen molar-refractivity contribution >= 4 is 33.8 Å². The monoisotopic (exact) mass is 356 g/mol. The number of hydrogen-bond donors (Lipinski definition) is 1. The first-order valence-corrected chi connectivity index (χ1v) is 9.46. The Morgan fingerprint density at radius 1 is 1.21 bits per heavy atom. The summed E-state index contributed by atoms with van der Waals surface area (Å²) in [6.45, 7) is 0. The van der Waals surface area contributed by atoms with Crippen molar-refractivity contribution in [1.82, 2.24) is 0 Å². The fourth-order valence-corrected chi connectivity index (χ4v) is 4.90. The third-order valence-electron chi connectivity index (χ3n) is 5.09. The molecule has 122 valence electrons. The van der Waals surface area contributed by atoms with Gasteiger partial charge in [0, 0.05) is 9.90 Å². The SMILES string of the molecule is N#Cc1c(NC(=O)C2(c3ccc(Cl)cc3)CC2)sc2c1CCCC2. The van der Waals surface area contributed by atoms with Gasteiger partial charge in [0.05, 0.1) is 11.0 Å². The zero-order valence-electron chi connectivity index (χ0n) is 13.2. The van der Waals surface area contributed by atoms with E-state index in [1.807, 2.05) is 24.3 Å². The lowest BCUT2D eigenvalue weighted by Gasteiger charge is -2.15. The topological polar surface area (TPSA) is 52.9 Å². The van der Waals surface area contributed by atoms with Crippen LogP contribution in [0.25, 0.3) is 0 Å². The van der Waals surface area contributed by atoms with E-state index in [0.717, 1.165) is 48.2 Å². The van der Waals surface area contributed by atoms with E-state index in [4.69, 9.17) is 11.6 Å².